The zero-order valence-electron chi connectivity index (χ0n) is 7.52. The molecule has 1 rings (SSSR count). The van der Waals surface area contributed by atoms with Gasteiger partial charge in [-0.1, -0.05) is 0 Å². The molecule has 0 fully saturated rings. The van der Waals surface area contributed by atoms with Crippen molar-refractivity contribution < 1.29 is 14.7 Å². The number of guanidine groups is 1. The lowest BCUT2D eigenvalue weighted by Gasteiger charge is -2.11. The Kier molecular flexibility index (Phi) is 5.00. The van der Waals surface area contributed by atoms with E-state index in [9.17, 15) is 4.79 Å². The van der Waals surface area contributed by atoms with Crippen molar-refractivity contribution >= 4 is 17.8 Å². The van der Waals surface area contributed by atoms with E-state index in [1.54, 1.807) is 0 Å². The summed E-state index contributed by atoms with van der Waals surface area (Å²) >= 11 is 0. The van der Waals surface area contributed by atoms with Gasteiger partial charge in [-0.2, -0.15) is 5.11 Å². The predicted molar refractivity (Wildman–Crippen MR) is 46.9 cm³/mol. The Morgan fingerprint density at radius 3 is 2.64 bits per heavy atom. The van der Waals surface area contributed by atoms with E-state index >= 15 is 0 Å². The summed E-state index contributed by atoms with van der Waals surface area (Å²) in [7, 11) is 0. The van der Waals surface area contributed by atoms with Crippen molar-refractivity contribution in [1.82, 2.24) is 5.32 Å². The molecular formula is C6H11N5O3. The van der Waals surface area contributed by atoms with Gasteiger partial charge in [0.15, 0.2) is 6.04 Å². The van der Waals surface area contributed by atoms with Crippen LogP contribution in [0.25, 0.3) is 0 Å². The normalized spacial score (nSPS) is 19.4. The third-order valence-electron chi connectivity index (χ3n) is 1.06. The molecule has 0 saturated heterocycles. The highest BCUT2D eigenvalue weighted by Gasteiger charge is 2.20. The lowest BCUT2D eigenvalue weighted by atomic mass is 10.3. The maximum atomic E-state index is 10.8. The fourth-order valence-electron chi connectivity index (χ4n) is 0.559. The predicted octanol–water partition coefficient (Wildman–Crippen LogP) is -1.08. The van der Waals surface area contributed by atoms with Crippen LogP contribution in [0.2, 0.25) is 0 Å². The number of amides is 1. The van der Waals surface area contributed by atoms with Crippen LogP contribution in [0.4, 0.5) is 0 Å². The van der Waals surface area contributed by atoms with Gasteiger partial charge in [0.25, 0.3) is 11.9 Å². The van der Waals surface area contributed by atoms with Crippen LogP contribution >= 0.6 is 0 Å². The number of hydrogen-bond acceptors (Lipinski definition) is 5. The molecule has 5 N–H and O–H groups in total. The topological polar surface area (TPSA) is 141 Å². The number of aliphatic carboxylic acids is 1. The molecule has 1 atom stereocenters. The SMILES string of the molecule is CC(=O)O.N=C1N=NC(CN)C(=O)N1. The second-order valence-corrected chi connectivity index (χ2v) is 2.32. The van der Waals surface area contributed by atoms with E-state index < -0.39 is 12.0 Å². The van der Waals surface area contributed by atoms with E-state index in [0.29, 0.717) is 0 Å². The quantitative estimate of drug-likeness (QED) is 0.428. The van der Waals surface area contributed by atoms with E-state index in [0.717, 1.165) is 6.92 Å². The maximum absolute atomic E-state index is 10.8. The first-order valence-corrected chi connectivity index (χ1v) is 3.67. The largest absolute Gasteiger partial charge is 0.481 e. The smallest absolute Gasteiger partial charge is 0.300 e. The van der Waals surface area contributed by atoms with E-state index in [-0.39, 0.29) is 18.4 Å². The Hall–Kier alpha value is -1.83. The van der Waals surface area contributed by atoms with E-state index in [2.05, 4.69) is 15.5 Å². The van der Waals surface area contributed by atoms with Crippen molar-refractivity contribution in [3.05, 3.63) is 0 Å². The highest BCUT2D eigenvalue weighted by molar-refractivity contribution is 5.99. The Balaban J connectivity index is 0.000000364. The molecule has 1 aliphatic heterocycles. The van der Waals surface area contributed by atoms with Crippen LogP contribution in [0.15, 0.2) is 10.2 Å². The Labute approximate surface area is 79.7 Å². The molecule has 8 nitrogen and oxygen atoms in total. The molecule has 1 aliphatic rings. The molecule has 0 radical (unpaired) electrons. The lowest BCUT2D eigenvalue weighted by Crippen LogP contribution is -2.43. The first-order valence-electron chi connectivity index (χ1n) is 3.67. The summed E-state index contributed by atoms with van der Waals surface area (Å²) in [5.41, 5.74) is 5.15. The van der Waals surface area contributed by atoms with Gasteiger partial charge >= 0.3 is 0 Å². The van der Waals surface area contributed by atoms with Gasteiger partial charge in [-0.3, -0.25) is 20.3 Å². The van der Waals surface area contributed by atoms with E-state index in [1.165, 1.54) is 0 Å². The summed E-state index contributed by atoms with van der Waals surface area (Å²) in [6.07, 6.45) is 0. The van der Waals surface area contributed by atoms with Crippen molar-refractivity contribution in [2.45, 2.75) is 13.0 Å². The molecule has 1 amide bonds. The number of carboxylic acid groups (broad SMARTS) is 1. The summed E-state index contributed by atoms with van der Waals surface area (Å²) in [4.78, 5) is 19.8. The van der Waals surface area contributed by atoms with Gasteiger partial charge in [-0.25, -0.2) is 0 Å². The van der Waals surface area contributed by atoms with Crippen molar-refractivity contribution in [3.63, 3.8) is 0 Å². The van der Waals surface area contributed by atoms with E-state index in [1.807, 2.05) is 0 Å². The van der Waals surface area contributed by atoms with Crippen molar-refractivity contribution in [2.75, 3.05) is 6.54 Å². The zero-order chi connectivity index (χ0) is 11.1. The van der Waals surface area contributed by atoms with Gasteiger partial charge in [-0.15, -0.1) is 5.11 Å². The molecule has 0 aromatic rings. The van der Waals surface area contributed by atoms with Gasteiger partial charge in [0.05, 0.1) is 0 Å². The Morgan fingerprint density at radius 2 is 2.29 bits per heavy atom. The van der Waals surface area contributed by atoms with Crippen LogP contribution < -0.4 is 11.1 Å². The van der Waals surface area contributed by atoms with Crippen LogP contribution in [-0.2, 0) is 9.59 Å². The number of nitrogens with zero attached hydrogens (tertiary/aromatic N) is 2. The summed E-state index contributed by atoms with van der Waals surface area (Å²) in [5, 5.41) is 23.3. The highest BCUT2D eigenvalue weighted by atomic mass is 16.4. The maximum Gasteiger partial charge on any atom is 0.300 e. The van der Waals surface area contributed by atoms with Crippen LogP contribution in [0.5, 0.6) is 0 Å². The molecule has 1 heterocycles. The second-order valence-electron chi connectivity index (χ2n) is 2.32. The van der Waals surface area contributed by atoms with Crippen LogP contribution in [0, 0.1) is 5.41 Å². The molecule has 0 saturated carbocycles. The van der Waals surface area contributed by atoms with Gasteiger partial charge in [0.2, 0.25) is 5.96 Å². The molecule has 8 heteroatoms. The molecule has 78 valence electrons. The minimum Gasteiger partial charge on any atom is -0.481 e. The fraction of sp³-hybridized carbons (Fsp3) is 0.500. The van der Waals surface area contributed by atoms with Gasteiger partial charge in [-0.05, 0) is 0 Å². The number of nitrogens with two attached hydrogens (primary N) is 1. The molecule has 0 aromatic carbocycles. The lowest BCUT2D eigenvalue weighted by molar-refractivity contribution is -0.134. The number of carbonyl (C=O) groups is 2. The molecule has 0 aliphatic carbocycles. The summed E-state index contributed by atoms with van der Waals surface area (Å²) < 4.78 is 0. The van der Waals surface area contributed by atoms with Crippen LogP contribution in [0.1, 0.15) is 6.92 Å². The number of azo groups is 1. The number of rotatable bonds is 1. The van der Waals surface area contributed by atoms with Crippen molar-refractivity contribution in [2.24, 2.45) is 16.0 Å². The van der Waals surface area contributed by atoms with Gasteiger partial charge < -0.3 is 10.8 Å². The van der Waals surface area contributed by atoms with Crippen LogP contribution in [-0.4, -0.2) is 35.5 Å². The number of carbonyl (C=O) groups excluding carboxylic acids is 1. The third-order valence-corrected chi connectivity index (χ3v) is 1.06. The van der Waals surface area contributed by atoms with Gasteiger partial charge in [0.1, 0.15) is 0 Å². The highest BCUT2D eigenvalue weighted by Crippen LogP contribution is 1.95. The summed E-state index contributed by atoms with van der Waals surface area (Å²) in [5.74, 6) is -1.42. The second kappa shape index (κ2) is 5.75. The average Bonchev–Trinajstić information content (AvgIpc) is 2.03. The fourth-order valence-corrected chi connectivity index (χ4v) is 0.559. The molecule has 0 spiro atoms. The zero-order valence-corrected chi connectivity index (χ0v) is 7.52. The number of hydrogen-bond donors (Lipinski definition) is 4. The summed E-state index contributed by atoms with van der Waals surface area (Å²) in [6.45, 7) is 1.21. The molecule has 0 aromatic heterocycles. The van der Waals surface area contributed by atoms with Crippen LogP contribution in [0.3, 0.4) is 0 Å². The third kappa shape index (κ3) is 4.93. The first-order chi connectivity index (χ1) is 6.47. The number of nitrogens with one attached hydrogen (secondary N) is 2. The molecular weight excluding hydrogens is 190 g/mol. The van der Waals surface area contributed by atoms with Gasteiger partial charge in [0, 0.05) is 13.5 Å². The Bertz CT molecular complexity index is 271. The minimum atomic E-state index is -0.833. The van der Waals surface area contributed by atoms with E-state index in [4.69, 9.17) is 21.0 Å². The first kappa shape index (κ1) is 12.2. The molecule has 0 bridgehead atoms. The summed E-state index contributed by atoms with van der Waals surface area (Å²) in [6, 6.07) is -0.617. The monoisotopic (exact) mass is 201 g/mol. The molecule has 14 heavy (non-hydrogen) atoms. The molecule has 1 unspecified atom stereocenters. The minimum absolute atomic E-state index is 0.128. The standard InChI is InChI=1S/C4H7N5O.C2H4O2/c5-1-2-3(10)7-4(6)9-8-2;1-2(3)4/h2H,1,5H2,(H2,6,7,10);1H3,(H,3,4). The van der Waals surface area contributed by atoms with Crippen molar-refractivity contribution in [3.8, 4) is 0 Å². The number of carboxylic acids is 1. The average molecular weight is 201 g/mol. The Morgan fingerprint density at radius 1 is 1.79 bits per heavy atom. The van der Waals surface area contributed by atoms with Crippen molar-refractivity contribution in [1.29, 1.82) is 5.41 Å².